The number of aromatic amines is 1. The molecule has 1 aliphatic rings. The summed E-state index contributed by atoms with van der Waals surface area (Å²) in [7, 11) is 1.71. The molecule has 4 aromatic rings. The average molecular weight is 402 g/mol. The minimum absolute atomic E-state index is 0.0399. The molecule has 0 bridgehead atoms. The van der Waals surface area contributed by atoms with E-state index in [4.69, 9.17) is 0 Å². The lowest BCUT2D eigenvalue weighted by Gasteiger charge is -2.33. The molecule has 0 aliphatic carbocycles. The Hall–Kier alpha value is -3.61. The number of rotatable bonds is 2. The molecule has 1 saturated heterocycles. The van der Waals surface area contributed by atoms with E-state index in [1.54, 1.807) is 16.5 Å². The summed E-state index contributed by atoms with van der Waals surface area (Å²) in [5, 5.41) is 0.777. The first-order chi connectivity index (χ1) is 14.5. The lowest BCUT2D eigenvalue weighted by molar-refractivity contribution is 0.0697. The fraction of sp³-hybridized carbons (Fsp3) is 0.261. The molecular formula is C23H22N4O3. The number of nitrogens with one attached hydrogen (secondary N) is 1. The van der Waals surface area contributed by atoms with Gasteiger partial charge in [0.2, 0.25) is 0 Å². The van der Waals surface area contributed by atoms with Crippen LogP contribution in [-0.2, 0) is 7.05 Å². The fourth-order valence-electron chi connectivity index (χ4n) is 4.52. The van der Waals surface area contributed by atoms with E-state index in [1.165, 1.54) is 6.07 Å². The van der Waals surface area contributed by atoms with Gasteiger partial charge in [0.05, 0.1) is 22.1 Å². The summed E-state index contributed by atoms with van der Waals surface area (Å²) in [5.74, 6) is -0.131. The van der Waals surface area contributed by atoms with Crippen LogP contribution >= 0.6 is 0 Å². The predicted molar refractivity (Wildman–Crippen MR) is 116 cm³/mol. The molecule has 0 unspecified atom stereocenters. The molecule has 152 valence electrons. The van der Waals surface area contributed by atoms with Gasteiger partial charge in [-0.05, 0) is 31.0 Å². The molecule has 1 amide bonds. The summed E-state index contributed by atoms with van der Waals surface area (Å²) in [6, 6.07) is 16.6. The zero-order valence-electron chi connectivity index (χ0n) is 16.7. The molecule has 1 aliphatic heterocycles. The van der Waals surface area contributed by atoms with E-state index in [1.807, 2.05) is 53.1 Å². The van der Waals surface area contributed by atoms with Crippen LogP contribution in [0.3, 0.4) is 0 Å². The molecule has 2 aromatic heterocycles. The first-order valence-corrected chi connectivity index (χ1v) is 10.1. The second-order valence-electron chi connectivity index (χ2n) is 7.81. The van der Waals surface area contributed by atoms with E-state index in [-0.39, 0.29) is 23.2 Å². The van der Waals surface area contributed by atoms with Crippen LogP contribution in [-0.4, -0.2) is 38.0 Å². The van der Waals surface area contributed by atoms with Crippen LogP contribution in [0.25, 0.3) is 21.9 Å². The number of aryl methyl sites for hydroxylation is 1. The molecule has 3 heterocycles. The summed E-state index contributed by atoms with van der Waals surface area (Å²) in [6.07, 6.45) is 1.38. The molecule has 1 fully saturated rings. The highest BCUT2D eigenvalue weighted by atomic mass is 16.2. The number of fused-ring (bicyclic) bond motifs is 2. The number of benzene rings is 2. The van der Waals surface area contributed by atoms with Gasteiger partial charge in [-0.2, -0.15) is 0 Å². The van der Waals surface area contributed by atoms with Crippen LogP contribution in [0.15, 0.2) is 64.2 Å². The summed E-state index contributed by atoms with van der Waals surface area (Å²) >= 11 is 0. The number of nitrogens with zero attached hydrogens (tertiary/aromatic N) is 3. The fourth-order valence-corrected chi connectivity index (χ4v) is 4.52. The molecule has 0 atom stereocenters. The SMILES string of the molecule is Cn1c(=O)cc(C(=O)N2CCC(n3c(=O)[nH]c4ccccc43)CC2)c2ccccc21. The average Bonchev–Trinajstić information content (AvgIpc) is 3.11. The molecule has 2 aromatic carbocycles. The number of likely N-dealkylation sites (tertiary alicyclic amines) is 1. The van der Waals surface area contributed by atoms with Gasteiger partial charge in [0.1, 0.15) is 0 Å². The highest BCUT2D eigenvalue weighted by Crippen LogP contribution is 2.26. The van der Waals surface area contributed by atoms with Gasteiger partial charge in [-0.3, -0.25) is 14.2 Å². The quantitative estimate of drug-likeness (QED) is 0.560. The van der Waals surface area contributed by atoms with Crippen molar-refractivity contribution in [2.45, 2.75) is 18.9 Å². The predicted octanol–water partition coefficient (Wildman–Crippen LogP) is 2.66. The van der Waals surface area contributed by atoms with E-state index < -0.39 is 0 Å². The van der Waals surface area contributed by atoms with Crippen molar-refractivity contribution in [3.63, 3.8) is 0 Å². The second-order valence-corrected chi connectivity index (χ2v) is 7.81. The van der Waals surface area contributed by atoms with Crippen LogP contribution in [0, 0.1) is 0 Å². The van der Waals surface area contributed by atoms with Gasteiger partial charge < -0.3 is 14.5 Å². The van der Waals surface area contributed by atoms with E-state index in [0.717, 1.165) is 21.9 Å². The van der Waals surface area contributed by atoms with Gasteiger partial charge in [0, 0.05) is 37.6 Å². The van der Waals surface area contributed by atoms with E-state index in [0.29, 0.717) is 31.5 Å². The molecule has 5 rings (SSSR count). The topological polar surface area (TPSA) is 80.1 Å². The van der Waals surface area contributed by atoms with Crippen LogP contribution in [0.2, 0.25) is 0 Å². The van der Waals surface area contributed by atoms with Gasteiger partial charge >= 0.3 is 5.69 Å². The zero-order valence-corrected chi connectivity index (χ0v) is 16.7. The Kier molecular flexibility index (Phi) is 4.31. The Morgan fingerprint density at radius 2 is 1.63 bits per heavy atom. The van der Waals surface area contributed by atoms with Gasteiger partial charge in [-0.25, -0.2) is 4.79 Å². The van der Waals surface area contributed by atoms with Gasteiger partial charge in [0.25, 0.3) is 11.5 Å². The first-order valence-electron chi connectivity index (χ1n) is 10.1. The number of hydrogen-bond donors (Lipinski definition) is 1. The van der Waals surface area contributed by atoms with E-state index >= 15 is 0 Å². The Labute approximate surface area is 172 Å². The Morgan fingerprint density at radius 1 is 0.967 bits per heavy atom. The van der Waals surface area contributed by atoms with Crippen LogP contribution < -0.4 is 11.2 Å². The number of piperidine rings is 1. The van der Waals surface area contributed by atoms with Crippen molar-refractivity contribution in [3.8, 4) is 0 Å². The summed E-state index contributed by atoms with van der Waals surface area (Å²) in [4.78, 5) is 42.8. The third-order valence-electron chi connectivity index (χ3n) is 6.13. The van der Waals surface area contributed by atoms with Crippen molar-refractivity contribution in [2.75, 3.05) is 13.1 Å². The minimum Gasteiger partial charge on any atom is -0.338 e. The maximum atomic E-state index is 13.3. The van der Waals surface area contributed by atoms with Crippen LogP contribution in [0.4, 0.5) is 0 Å². The third kappa shape index (κ3) is 2.85. The molecule has 1 N–H and O–H groups in total. The number of aromatic nitrogens is 3. The van der Waals surface area contributed by atoms with Gasteiger partial charge in [-0.15, -0.1) is 0 Å². The number of pyridine rings is 1. The smallest absolute Gasteiger partial charge is 0.326 e. The molecule has 30 heavy (non-hydrogen) atoms. The maximum absolute atomic E-state index is 13.3. The van der Waals surface area contributed by atoms with Crippen molar-refractivity contribution in [3.05, 3.63) is 81.0 Å². The van der Waals surface area contributed by atoms with Crippen molar-refractivity contribution in [1.82, 2.24) is 19.0 Å². The number of carbonyl (C=O) groups is 1. The number of H-pyrrole nitrogens is 1. The van der Waals surface area contributed by atoms with E-state index in [9.17, 15) is 14.4 Å². The summed E-state index contributed by atoms with van der Waals surface area (Å²) in [6.45, 7) is 1.08. The standard InChI is InChI=1S/C23H22N4O3/c1-25-19-8-4-2-6-16(19)17(14-21(25)28)22(29)26-12-10-15(11-13-26)27-20-9-5-3-7-18(20)24-23(27)30/h2-9,14-15H,10-13H2,1H3,(H,24,30). The van der Waals surface area contributed by atoms with Crippen molar-refractivity contribution >= 4 is 27.8 Å². The van der Waals surface area contributed by atoms with Crippen molar-refractivity contribution in [1.29, 1.82) is 0 Å². The van der Waals surface area contributed by atoms with Crippen molar-refractivity contribution < 1.29 is 4.79 Å². The monoisotopic (exact) mass is 402 g/mol. The lowest BCUT2D eigenvalue weighted by Crippen LogP contribution is -2.41. The number of amides is 1. The molecular weight excluding hydrogens is 380 g/mol. The number of imidazole rings is 1. The van der Waals surface area contributed by atoms with Crippen molar-refractivity contribution in [2.24, 2.45) is 7.05 Å². The van der Waals surface area contributed by atoms with Gasteiger partial charge in [-0.1, -0.05) is 30.3 Å². The molecule has 7 heteroatoms. The highest BCUT2D eigenvalue weighted by Gasteiger charge is 2.27. The largest absolute Gasteiger partial charge is 0.338 e. The number of carbonyl (C=O) groups excluding carboxylic acids is 1. The van der Waals surface area contributed by atoms with E-state index in [2.05, 4.69) is 4.98 Å². The second kappa shape index (κ2) is 7.02. The number of para-hydroxylation sites is 3. The maximum Gasteiger partial charge on any atom is 0.326 e. The normalized spacial score (nSPS) is 15.2. The Morgan fingerprint density at radius 3 is 2.40 bits per heavy atom. The molecule has 0 spiro atoms. The lowest BCUT2D eigenvalue weighted by atomic mass is 10.0. The molecule has 0 saturated carbocycles. The van der Waals surface area contributed by atoms with Crippen LogP contribution in [0.5, 0.6) is 0 Å². The first kappa shape index (κ1) is 18.4. The summed E-state index contributed by atoms with van der Waals surface area (Å²) in [5.41, 5.74) is 2.60. The Balaban J connectivity index is 1.43. The zero-order chi connectivity index (χ0) is 20.8. The third-order valence-corrected chi connectivity index (χ3v) is 6.13. The van der Waals surface area contributed by atoms with Crippen LogP contribution in [0.1, 0.15) is 29.2 Å². The summed E-state index contributed by atoms with van der Waals surface area (Å²) < 4.78 is 3.37. The minimum atomic E-state index is -0.197. The highest BCUT2D eigenvalue weighted by molar-refractivity contribution is 6.06. The van der Waals surface area contributed by atoms with Gasteiger partial charge in [0.15, 0.2) is 0 Å². The Bertz CT molecular complexity index is 1390. The molecule has 7 nitrogen and oxygen atoms in total. The number of hydrogen-bond acceptors (Lipinski definition) is 3. The molecule has 0 radical (unpaired) electrons.